The molecule has 0 saturated carbocycles. The molecule has 0 saturated heterocycles. The largest absolute Gasteiger partial charge is 1.00 e. The van der Waals surface area contributed by atoms with Gasteiger partial charge in [0.2, 0.25) is 0 Å². The van der Waals surface area contributed by atoms with Gasteiger partial charge in [0.25, 0.3) is 0 Å². The SMILES string of the molecule is CC1C=C(c2ccccc2)C=[C]1/[Zr+2](=[CH]/Cc1ccccc1)[CH]1c2cc(C(C)(C)C)ccc2-c2ccc(C(C)(C)C)cc21.[Cl-].[Cl-]. The molecule has 0 N–H and O–H groups in total. The number of benzene rings is 4. The van der Waals surface area contributed by atoms with E-state index < -0.39 is 21.3 Å². The van der Waals surface area contributed by atoms with Crippen LogP contribution >= 0.6 is 0 Å². The van der Waals surface area contributed by atoms with E-state index in [4.69, 9.17) is 0 Å². The Morgan fingerprint density at radius 1 is 0.659 bits per heavy atom. The summed E-state index contributed by atoms with van der Waals surface area (Å²) in [7, 11) is 0. The van der Waals surface area contributed by atoms with Crippen molar-refractivity contribution in [2.24, 2.45) is 5.92 Å². The molecule has 4 aromatic carbocycles. The Hall–Kier alpha value is -2.31. The fourth-order valence-corrected chi connectivity index (χ4v) is 14.8. The van der Waals surface area contributed by atoms with Crippen molar-refractivity contribution >= 4 is 9.28 Å². The molecule has 0 radical (unpaired) electrons. The summed E-state index contributed by atoms with van der Waals surface area (Å²) in [5.41, 5.74) is 13.3. The summed E-state index contributed by atoms with van der Waals surface area (Å²) < 4.78 is 5.01. The molecule has 2 aliphatic rings. The second kappa shape index (κ2) is 13.6. The van der Waals surface area contributed by atoms with Crippen molar-refractivity contribution in [3.63, 3.8) is 0 Å². The predicted octanol–water partition coefficient (Wildman–Crippen LogP) is 4.64. The van der Waals surface area contributed by atoms with E-state index in [2.05, 4.69) is 161 Å². The molecular formula is C41H44Cl2Zr. The van der Waals surface area contributed by atoms with E-state index in [9.17, 15) is 0 Å². The van der Waals surface area contributed by atoms with Crippen LogP contribution in [0.4, 0.5) is 0 Å². The van der Waals surface area contributed by atoms with Crippen molar-refractivity contribution in [2.75, 3.05) is 0 Å². The molecule has 0 heterocycles. The zero-order valence-corrected chi connectivity index (χ0v) is 31.1. The summed E-state index contributed by atoms with van der Waals surface area (Å²) in [6.45, 7) is 16.5. The van der Waals surface area contributed by atoms with E-state index in [0.717, 1.165) is 6.42 Å². The Morgan fingerprint density at radius 3 is 1.66 bits per heavy atom. The van der Waals surface area contributed by atoms with Gasteiger partial charge in [0.1, 0.15) is 0 Å². The number of fused-ring (bicyclic) bond motifs is 3. The Morgan fingerprint density at radius 2 is 1.16 bits per heavy atom. The van der Waals surface area contributed by atoms with Gasteiger partial charge >= 0.3 is 263 Å². The molecule has 2 aliphatic carbocycles. The van der Waals surface area contributed by atoms with Crippen LogP contribution in [0.5, 0.6) is 0 Å². The van der Waals surface area contributed by atoms with E-state index in [1.54, 1.807) is 14.4 Å². The first-order chi connectivity index (χ1) is 20.0. The molecule has 0 aromatic heterocycles. The molecule has 0 aliphatic heterocycles. The van der Waals surface area contributed by atoms with Gasteiger partial charge in [-0.1, -0.05) is 0 Å². The first-order valence-corrected chi connectivity index (χ1v) is 19.6. The Kier molecular flexibility index (Phi) is 10.7. The summed E-state index contributed by atoms with van der Waals surface area (Å²) in [5.74, 6) is 0.464. The van der Waals surface area contributed by atoms with Gasteiger partial charge in [-0.2, -0.15) is 0 Å². The van der Waals surface area contributed by atoms with Crippen molar-refractivity contribution in [1.29, 1.82) is 0 Å². The normalized spacial score (nSPS) is 15.9. The van der Waals surface area contributed by atoms with Crippen LogP contribution in [0.25, 0.3) is 16.7 Å². The summed E-state index contributed by atoms with van der Waals surface area (Å²) >= 11 is -2.48. The number of halogens is 2. The van der Waals surface area contributed by atoms with Crippen molar-refractivity contribution < 1.29 is 46.1 Å². The van der Waals surface area contributed by atoms with Crippen LogP contribution in [-0.4, -0.2) is 3.71 Å². The van der Waals surface area contributed by atoms with Crippen LogP contribution in [0, 0.1) is 5.92 Å². The first kappa shape index (κ1) is 34.6. The van der Waals surface area contributed by atoms with Crippen molar-refractivity contribution in [2.45, 2.75) is 69.3 Å². The molecule has 0 spiro atoms. The van der Waals surface area contributed by atoms with Crippen LogP contribution in [-0.2, 0) is 38.5 Å². The average molecular weight is 699 g/mol. The summed E-state index contributed by atoms with van der Waals surface area (Å²) in [4.78, 5) is 0. The Labute approximate surface area is 285 Å². The van der Waals surface area contributed by atoms with Crippen LogP contribution in [0.1, 0.15) is 85.5 Å². The van der Waals surface area contributed by atoms with Gasteiger partial charge < -0.3 is 24.8 Å². The molecule has 44 heavy (non-hydrogen) atoms. The van der Waals surface area contributed by atoms with Gasteiger partial charge in [0, 0.05) is 0 Å². The molecule has 3 heteroatoms. The third kappa shape index (κ3) is 6.92. The summed E-state index contributed by atoms with van der Waals surface area (Å²) in [6.07, 6.45) is 6.16. The maximum atomic E-state index is 2.82. The van der Waals surface area contributed by atoms with Crippen LogP contribution in [0.15, 0.2) is 112 Å². The topological polar surface area (TPSA) is 0 Å². The third-order valence-electron chi connectivity index (χ3n) is 9.13. The Bertz CT molecular complexity index is 1650. The second-order valence-electron chi connectivity index (χ2n) is 14.3. The van der Waals surface area contributed by atoms with Crippen molar-refractivity contribution in [1.82, 2.24) is 0 Å². The molecule has 226 valence electrons. The molecule has 0 bridgehead atoms. The van der Waals surface area contributed by atoms with Gasteiger partial charge in [-0.3, -0.25) is 0 Å². The fraction of sp³-hybridized carbons (Fsp3) is 0.293. The maximum Gasteiger partial charge on any atom is -1.00 e. The van der Waals surface area contributed by atoms with Gasteiger partial charge in [0.15, 0.2) is 0 Å². The molecule has 1 unspecified atom stereocenters. The minimum Gasteiger partial charge on any atom is -1.00 e. The van der Waals surface area contributed by atoms with E-state index in [-0.39, 0.29) is 35.6 Å². The number of allylic oxidation sites excluding steroid dienone is 4. The summed E-state index contributed by atoms with van der Waals surface area (Å²) in [6, 6.07) is 36.9. The zero-order chi connectivity index (χ0) is 29.6. The average Bonchev–Trinajstić information content (AvgIpc) is 3.51. The van der Waals surface area contributed by atoms with Crippen LogP contribution < -0.4 is 24.8 Å². The van der Waals surface area contributed by atoms with Gasteiger partial charge in [-0.15, -0.1) is 0 Å². The zero-order valence-electron chi connectivity index (χ0n) is 27.1. The van der Waals surface area contributed by atoms with E-state index in [0.29, 0.717) is 9.54 Å². The van der Waals surface area contributed by atoms with Gasteiger partial charge in [0.05, 0.1) is 0 Å². The minimum atomic E-state index is -2.48. The number of hydrogen-bond donors (Lipinski definition) is 0. The van der Waals surface area contributed by atoms with E-state index in [1.807, 2.05) is 0 Å². The smallest absolute Gasteiger partial charge is 1.00 e. The second-order valence-corrected chi connectivity index (χ2v) is 20.3. The molecule has 4 aromatic rings. The van der Waals surface area contributed by atoms with Gasteiger partial charge in [-0.05, 0) is 0 Å². The molecular weight excluding hydrogens is 655 g/mol. The Balaban J connectivity index is 0.00000221. The molecule has 1 atom stereocenters. The third-order valence-corrected chi connectivity index (χ3v) is 16.9. The van der Waals surface area contributed by atoms with Crippen molar-refractivity contribution in [3.8, 4) is 11.1 Å². The van der Waals surface area contributed by atoms with Crippen molar-refractivity contribution in [3.05, 3.63) is 146 Å². The quantitative estimate of drug-likeness (QED) is 0.285. The number of hydrogen-bond acceptors (Lipinski definition) is 0. The molecule has 0 amide bonds. The maximum absolute atomic E-state index is 2.82. The van der Waals surface area contributed by atoms with Gasteiger partial charge in [-0.25, -0.2) is 0 Å². The van der Waals surface area contributed by atoms with Crippen LogP contribution in [0.3, 0.4) is 0 Å². The van der Waals surface area contributed by atoms with E-state index >= 15 is 0 Å². The molecule has 0 nitrogen and oxygen atoms in total. The molecule has 0 fully saturated rings. The predicted molar refractivity (Wildman–Crippen MR) is 179 cm³/mol. The monoisotopic (exact) mass is 696 g/mol. The fourth-order valence-electron chi connectivity index (χ4n) is 6.64. The summed E-state index contributed by atoms with van der Waals surface area (Å²) in [5, 5.41) is 0. The minimum absolute atomic E-state index is 0. The van der Waals surface area contributed by atoms with Crippen LogP contribution in [0.2, 0.25) is 0 Å². The molecule has 6 rings (SSSR count). The number of rotatable bonds is 5. The van der Waals surface area contributed by atoms with E-state index in [1.165, 1.54) is 39.0 Å². The first-order valence-electron chi connectivity index (χ1n) is 15.5. The standard InChI is InChI=1S/C21H25.C12H11.C8H8.2ClH.Zr/c1-20(2,3)16-7-9-18-14(12-16)11-15-13-17(21(4,5)6)8-10-19(15)18;1-10-7-8-12(9-10)11-5-3-2-4-6-11;1-2-8-6-4-3-5-7-8;;;/h7-13H,1-6H3;2-6,8-10H,1H3;1,3-7H,2H2;2*1H;/q;;;;;+2/p-2.